The van der Waals surface area contributed by atoms with Gasteiger partial charge in [0.25, 0.3) is 0 Å². The Morgan fingerprint density at radius 2 is 2.00 bits per heavy atom. The lowest BCUT2D eigenvalue weighted by Gasteiger charge is -2.39. The predicted molar refractivity (Wildman–Crippen MR) is 77.7 cm³/mol. The second-order valence-electron chi connectivity index (χ2n) is 5.23. The Morgan fingerprint density at radius 3 is 2.45 bits per heavy atom. The molecule has 114 valence electrons. The molecule has 1 saturated heterocycles. The van der Waals surface area contributed by atoms with Crippen LogP contribution in [0.2, 0.25) is 0 Å². The monoisotopic (exact) mass is 301 g/mol. The smallest absolute Gasteiger partial charge is 0.211 e. The number of nitrogens with zero attached hydrogens (tertiary/aromatic N) is 2. The molecule has 0 bridgehead atoms. The first-order valence-electron chi connectivity index (χ1n) is 6.91. The Labute approximate surface area is 120 Å². The highest BCUT2D eigenvalue weighted by Gasteiger charge is 2.32. The highest BCUT2D eigenvalue weighted by molar-refractivity contribution is 7.88. The van der Waals surface area contributed by atoms with Crippen LogP contribution < -0.4 is 5.73 Å². The number of furan rings is 1. The van der Waals surface area contributed by atoms with E-state index in [4.69, 9.17) is 10.2 Å². The molecule has 0 aromatic carbocycles. The van der Waals surface area contributed by atoms with Crippen molar-refractivity contribution < 1.29 is 12.8 Å². The van der Waals surface area contributed by atoms with Gasteiger partial charge in [-0.15, -0.1) is 0 Å². The number of piperazine rings is 1. The van der Waals surface area contributed by atoms with Gasteiger partial charge in [0.1, 0.15) is 5.76 Å². The first kappa shape index (κ1) is 15.5. The average Bonchev–Trinajstić information content (AvgIpc) is 2.92. The third kappa shape index (κ3) is 3.41. The Hall–Kier alpha value is -0.890. The molecule has 0 radical (unpaired) electrons. The molecule has 2 unspecified atom stereocenters. The molecule has 2 heterocycles. The standard InChI is InChI=1S/C13H23N3O3S/c1-3-11(14)13(12-5-4-10-19-12)15-6-8-16(9-7-15)20(2,17)18/h4-5,10-11,13H,3,6-9,14H2,1-2H3. The van der Waals surface area contributed by atoms with E-state index in [1.807, 2.05) is 19.1 Å². The van der Waals surface area contributed by atoms with Crippen LogP contribution >= 0.6 is 0 Å². The second kappa shape index (κ2) is 6.26. The van der Waals surface area contributed by atoms with Gasteiger partial charge in [-0.1, -0.05) is 6.92 Å². The number of hydrogen-bond acceptors (Lipinski definition) is 5. The Bertz CT molecular complexity index is 507. The summed E-state index contributed by atoms with van der Waals surface area (Å²) < 4.78 is 30.1. The van der Waals surface area contributed by atoms with Crippen LogP contribution in [-0.2, 0) is 10.0 Å². The zero-order chi connectivity index (χ0) is 14.8. The fourth-order valence-electron chi connectivity index (χ4n) is 2.66. The number of nitrogens with two attached hydrogens (primary N) is 1. The van der Waals surface area contributed by atoms with E-state index in [2.05, 4.69) is 4.90 Å². The number of rotatable bonds is 5. The normalized spacial score (nSPS) is 21.8. The minimum absolute atomic E-state index is 0.0108. The highest BCUT2D eigenvalue weighted by Crippen LogP contribution is 2.27. The zero-order valence-electron chi connectivity index (χ0n) is 12.0. The maximum Gasteiger partial charge on any atom is 0.211 e. The van der Waals surface area contributed by atoms with Crippen molar-refractivity contribution in [2.24, 2.45) is 5.73 Å². The molecule has 0 spiro atoms. The second-order valence-corrected chi connectivity index (χ2v) is 7.21. The van der Waals surface area contributed by atoms with E-state index >= 15 is 0 Å². The van der Waals surface area contributed by atoms with Gasteiger partial charge in [0.15, 0.2) is 0 Å². The van der Waals surface area contributed by atoms with Crippen molar-refractivity contribution in [2.45, 2.75) is 25.4 Å². The summed E-state index contributed by atoms with van der Waals surface area (Å²) in [4.78, 5) is 2.22. The van der Waals surface area contributed by atoms with Crippen LogP contribution in [0, 0.1) is 0 Å². The van der Waals surface area contributed by atoms with Crippen molar-refractivity contribution in [3.05, 3.63) is 24.2 Å². The van der Waals surface area contributed by atoms with Gasteiger partial charge in [0.05, 0.1) is 18.6 Å². The molecular weight excluding hydrogens is 278 g/mol. The van der Waals surface area contributed by atoms with E-state index in [0.29, 0.717) is 26.2 Å². The van der Waals surface area contributed by atoms with E-state index in [1.54, 1.807) is 6.26 Å². The maximum absolute atomic E-state index is 11.5. The SMILES string of the molecule is CCC(N)C(c1ccco1)N1CCN(S(C)(=O)=O)CC1. The first-order chi connectivity index (χ1) is 9.43. The molecule has 0 aliphatic carbocycles. The third-order valence-electron chi connectivity index (χ3n) is 3.85. The summed E-state index contributed by atoms with van der Waals surface area (Å²) in [6.45, 7) is 4.41. The largest absolute Gasteiger partial charge is 0.468 e. The third-order valence-corrected chi connectivity index (χ3v) is 5.15. The van der Waals surface area contributed by atoms with Crippen molar-refractivity contribution in [3.8, 4) is 0 Å². The van der Waals surface area contributed by atoms with Crippen LogP contribution in [0.5, 0.6) is 0 Å². The Kier molecular flexibility index (Phi) is 4.85. The lowest BCUT2D eigenvalue weighted by atomic mass is 10.0. The molecular formula is C13H23N3O3S. The van der Waals surface area contributed by atoms with E-state index in [1.165, 1.54) is 10.6 Å². The molecule has 1 aliphatic heterocycles. The van der Waals surface area contributed by atoms with Crippen LogP contribution in [0.25, 0.3) is 0 Å². The van der Waals surface area contributed by atoms with Crippen LogP contribution in [-0.4, -0.2) is 56.1 Å². The lowest BCUT2D eigenvalue weighted by Crippen LogP contribution is -2.52. The molecule has 2 rings (SSSR count). The summed E-state index contributed by atoms with van der Waals surface area (Å²) in [5.41, 5.74) is 6.23. The topological polar surface area (TPSA) is 79.8 Å². The Balaban J connectivity index is 2.09. The molecule has 0 amide bonds. The minimum Gasteiger partial charge on any atom is -0.468 e. The van der Waals surface area contributed by atoms with Gasteiger partial charge in [-0.2, -0.15) is 4.31 Å². The fraction of sp³-hybridized carbons (Fsp3) is 0.692. The molecule has 7 heteroatoms. The van der Waals surface area contributed by atoms with Gasteiger partial charge in [-0.05, 0) is 18.6 Å². The van der Waals surface area contributed by atoms with E-state index in [9.17, 15) is 8.42 Å². The Morgan fingerprint density at radius 1 is 1.35 bits per heavy atom. The summed E-state index contributed by atoms with van der Waals surface area (Å²) >= 11 is 0. The summed E-state index contributed by atoms with van der Waals surface area (Å²) in [6, 6.07) is 3.78. The van der Waals surface area contributed by atoms with Gasteiger partial charge in [-0.25, -0.2) is 8.42 Å². The molecule has 1 aliphatic rings. The molecule has 1 aromatic heterocycles. The number of sulfonamides is 1. The quantitative estimate of drug-likeness (QED) is 0.863. The maximum atomic E-state index is 11.5. The van der Waals surface area contributed by atoms with Gasteiger partial charge in [0, 0.05) is 32.2 Å². The molecule has 1 fully saturated rings. The fourth-order valence-corrected chi connectivity index (χ4v) is 3.48. The van der Waals surface area contributed by atoms with E-state index < -0.39 is 10.0 Å². The van der Waals surface area contributed by atoms with Crippen molar-refractivity contribution in [3.63, 3.8) is 0 Å². The van der Waals surface area contributed by atoms with Gasteiger partial charge < -0.3 is 10.2 Å². The van der Waals surface area contributed by atoms with Crippen molar-refractivity contribution >= 4 is 10.0 Å². The zero-order valence-corrected chi connectivity index (χ0v) is 12.8. The van der Waals surface area contributed by atoms with Crippen LogP contribution in [0.4, 0.5) is 0 Å². The summed E-state index contributed by atoms with van der Waals surface area (Å²) in [6.07, 6.45) is 3.75. The average molecular weight is 301 g/mol. The molecule has 2 atom stereocenters. The molecule has 2 N–H and O–H groups in total. The molecule has 20 heavy (non-hydrogen) atoms. The van der Waals surface area contributed by atoms with Crippen molar-refractivity contribution in [2.75, 3.05) is 32.4 Å². The van der Waals surface area contributed by atoms with Crippen LogP contribution in [0.1, 0.15) is 25.1 Å². The van der Waals surface area contributed by atoms with E-state index in [0.717, 1.165) is 12.2 Å². The van der Waals surface area contributed by atoms with Crippen molar-refractivity contribution in [1.82, 2.24) is 9.21 Å². The van der Waals surface area contributed by atoms with Crippen LogP contribution in [0.3, 0.4) is 0 Å². The summed E-state index contributed by atoms with van der Waals surface area (Å²) in [5, 5.41) is 0. The molecule has 1 aromatic rings. The van der Waals surface area contributed by atoms with Gasteiger partial charge in [-0.3, -0.25) is 4.90 Å². The van der Waals surface area contributed by atoms with Gasteiger partial charge in [0.2, 0.25) is 10.0 Å². The molecule has 0 saturated carbocycles. The summed E-state index contributed by atoms with van der Waals surface area (Å²) in [7, 11) is -3.10. The summed E-state index contributed by atoms with van der Waals surface area (Å²) in [5.74, 6) is 0.854. The minimum atomic E-state index is -3.10. The lowest BCUT2D eigenvalue weighted by molar-refractivity contribution is 0.105. The predicted octanol–water partition coefficient (Wildman–Crippen LogP) is 0.635. The number of hydrogen-bond donors (Lipinski definition) is 1. The van der Waals surface area contributed by atoms with E-state index in [-0.39, 0.29) is 12.1 Å². The molecule has 6 nitrogen and oxygen atoms in total. The first-order valence-corrected chi connectivity index (χ1v) is 8.76. The van der Waals surface area contributed by atoms with Crippen LogP contribution in [0.15, 0.2) is 22.8 Å². The van der Waals surface area contributed by atoms with Gasteiger partial charge >= 0.3 is 0 Å². The highest BCUT2D eigenvalue weighted by atomic mass is 32.2. The van der Waals surface area contributed by atoms with Crippen molar-refractivity contribution in [1.29, 1.82) is 0 Å².